The van der Waals surface area contributed by atoms with Gasteiger partial charge in [-0.2, -0.15) is 0 Å². The number of nitrogens with one attached hydrogen (secondary N) is 1. The summed E-state index contributed by atoms with van der Waals surface area (Å²) >= 11 is 7.68. The van der Waals surface area contributed by atoms with E-state index in [1.807, 2.05) is 6.07 Å². The van der Waals surface area contributed by atoms with Crippen molar-refractivity contribution in [3.8, 4) is 0 Å². The number of halogens is 2. The Kier molecular flexibility index (Phi) is 3.47. The maximum atomic E-state index is 4.61. The summed E-state index contributed by atoms with van der Waals surface area (Å²) in [4.78, 5) is 4.61. The minimum absolute atomic E-state index is 0.0310. The van der Waals surface area contributed by atoms with Crippen LogP contribution in [0.1, 0.15) is 20.8 Å². The monoisotopic (exact) mass is 410 g/mol. The largest absolute Gasteiger partial charge is 0.365 e. The zero-order valence-electron chi connectivity index (χ0n) is 9.27. The van der Waals surface area contributed by atoms with Crippen molar-refractivity contribution in [1.29, 1.82) is 0 Å². The quantitative estimate of drug-likeness (QED) is 0.678. The third-order valence-corrected chi connectivity index (χ3v) is 4.71. The van der Waals surface area contributed by atoms with Gasteiger partial charge in [-0.15, -0.1) is 11.3 Å². The Labute approximate surface area is 121 Å². The van der Waals surface area contributed by atoms with Crippen LogP contribution in [0.4, 0.5) is 5.82 Å². The molecule has 0 spiro atoms. The van der Waals surface area contributed by atoms with E-state index in [9.17, 15) is 0 Å². The molecule has 0 saturated heterocycles. The van der Waals surface area contributed by atoms with Gasteiger partial charge in [0.05, 0.1) is 13.1 Å². The molecule has 1 N–H and O–H groups in total. The lowest BCUT2D eigenvalue weighted by Gasteiger charge is -2.21. The summed E-state index contributed by atoms with van der Waals surface area (Å²) in [6.07, 6.45) is 0. The zero-order chi connectivity index (χ0) is 11.9. The van der Waals surface area contributed by atoms with Crippen LogP contribution in [0.2, 0.25) is 0 Å². The molecule has 2 aromatic rings. The van der Waals surface area contributed by atoms with E-state index >= 15 is 0 Å². The fourth-order valence-electron chi connectivity index (χ4n) is 1.40. The van der Waals surface area contributed by atoms with Crippen LogP contribution in [0, 0.1) is 2.88 Å². The highest BCUT2D eigenvalue weighted by Crippen LogP contribution is 2.33. The Bertz CT molecular complexity index is 530. The number of rotatable bonds is 1. The van der Waals surface area contributed by atoms with Crippen LogP contribution in [0.5, 0.6) is 0 Å². The van der Waals surface area contributed by atoms with Gasteiger partial charge in [0.1, 0.15) is 5.82 Å². The van der Waals surface area contributed by atoms with Gasteiger partial charge in [0.15, 0.2) is 0 Å². The summed E-state index contributed by atoms with van der Waals surface area (Å²) in [5.41, 5.74) is 1.08. The Balaban J connectivity index is 2.49. The standard InChI is InChI=1S/C11H12BrIN2S/c1-11(2,3)15-9-4-6(12)10-7(14-9)5-8(13)16-10/h4-5H,1-3H3,(H,14,15). The van der Waals surface area contributed by atoms with Crippen LogP contribution in [0.3, 0.4) is 0 Å². The molecule has 0 amide bonds. The van der Waals surface area contributed by atoms with Gasteiger partial charge in [-0.25, -0.2) is 4.98 Å². The van der Waals surface area contributed by atoms with Crippen LogP contribution in [-0.2, 0) is 0 Å². The molecule has 0 aromatic carbocycles. The first-order valence-electron chi connectivity index (χ1n) is 4.89. The highest BCUT2D eigenvalue weighted by atomic mass is 127. The summed E-state index contributed by atoms with van der Waals surface area (Å²) in [5.74, 6) is 0.918. The summed E-state index contributed by atoms with van der Waals surface area (Å²) < 4.78 is 3.58. The van der Waals surface area contributed by atoms with E-state index in [-0.39, 0.29) is 5.54 Å². The third kappa shape index (κ3) is 2.87. The van der Waals surface area contributed by atoms with Crippen molar-refractivity contribution < 1.29 is 0 Å². The molecule has 16 heavy (non-hydrogen) atoms. The van der Waals surface area contributed by atoms with E-state index in [1.54, 1.807) is 11.3 Å². The van der Waals surface area contributed by atoms with Gasteiger partial charge in [-0.3, -0.25) is 0 Å². The number of hydrogen-bond acceptors (Lipinski definition) is 3. The van der Waals surface area contributed by atoms with Gasteiger partial charge in [-0.05, 0) is 71.4 Å². The molecule has 2 aromatic heterocycles. The van der Waals surface area contributed by atoms with Crippen molar-refractivity contribution >= 4 is 65.9 Å². The second kappa shape index (κ2) is 4.42. The van der Waals surface area contributed by atoms with E-state index in [0.29, 0.717) is 0 Å². The van der Waals surface area contributed by atoms with Crippen molar-refractivity contribution in [3.63, 3.8) is 0 Å². The molecule has 2 heterocycles. The second-order valence-corrected chi connectivity index (χ2v) is 8.43. The molecular formula is C11H12BrIN2S. The van der Waals surface area contributed by atoms with Crippen molar-refractivity contribution in [3.05, 3.63) is 19.5 Å². The molecule has 0 bridgehead atoms. The Morgan fingerprint density at radius 2 is 2.06 bits per heavy atom. The van der Waals surface area contributed by atoms with Crippen LogP contribution < -0.4 is 5.32 Å². The van der Waals surface area contributed by atoms with Crippen LogP contribution in [0.15, 0.2) is 16.6 Å². The SMILES string of the molecule is CC(C)(C)Nc1cc(Br)c2sc(I)cc2n1. The first kappa shape index (κ1) is 12.6. The van der Waals surface area contributed by atoms with Gasteiger partial charge in [-0.1, -0.05) is 0 Å². The number of hydrogen-bond donors (Lipinski definition) is 1. The van der Waals surface area contributed by atoms with E-state index in [2.05, 4.69) is 75.7 Å². The zero-order valence-corrected chi connectivity index (χ0v) is 13.8. The Morgan fingerprint density at radius 1 is 1.38 bits per heavy atom. The lowest BCUT2D eigenvalue weighted by molar-refractivity contribution is 0.631. The van der Waals surface area contributed by atoms with Crippen molar-refractivity contribution in [2.75, 3.05) is 5.32 Å². The number of aromatic nitrogens is 1. The molecule has 0 radical (unpaired) electrons. The number of nitrogens with zero attached hydrogens (tertiary/aromatic N) is 1. The number of anilines is 1. The summed E-state index contributed by atoms with van der Waals surface area (Å²) in [6.45, 7) is 6.39. The number of thiophene rings is 1. The minimum atomic E-state index is 0.0310. The van der Waals surface area contributed by atoms with Crippen molar-refractivity contribution in [1.82, 2.24) is 4.98 Å². The topological polar surface area (TPSA) is 24.9 Å². The fourth-order valence-corrected chi connectivity index (χ4v) is 3.75. The van der Waals surface area contributed by atoms with E-state index in [4.69, 9.17) is 0 Å². The van der Waals surface area contributed by atoms with Gasteiger partial charge >= 0.3 is 0 Å². The predicted molar refractivity (Wildman–Crippen MR) is 83.4 cm³/mol. The summed E-state index contributed by atoms with van der Waals surface area (Å²) in [7, 11) is 0. The summed E-state index contributed by atoms with van der Waals surface area (Å²) in [5, 5.41) is 3.38. The number of fused-ring (bicyclic) bond motifs is 1. The molecule has 0 atom stereocenters. The van der Waals surface area contributed by atoms with Gasteiger partial charge in [0, 0.05) is 10.0 Å². The molecule has 2 nitrogen and oxygen atoms in total. The lowest BCUT2D eigenvalue weighted by atomic mass is 10.1. The fraction of sp³-hybridized carbons (Fsp3) is 0.364. The second-order valence-electron chi connectivity index (χ2n) is 4.63. The molecule has 0 aliphatic rings. The Hall–Kier alpha value is 0.120. The predicted octanol–water partition coefficient (Wildman–Crippen LogP) is 4.87. The molecular weight excluding hydrogens is 399 g/mol. The van der Waals surface area contributed by atoms with Crippen LogP contribution >= 0.6 is 49.9 Å². The number of pyridine rings is 1. The van der Waals surface area contributed by atoms with E-state index < -0.39 is 0 Å². The third-order valence-electron chi connectivity index (χ3n) is 1.91. The van der Waals surface area contributed by atoms with Crippen LogP contribution in [-0.4, -0.2) is 10.5 Å². The van der Waals surface area contributed by atoms with Crippen molar-refractivity contribution in [2.24, 2.45) is 0 Å². The smallest absolute Gasteiger partial charge is 0.128 e. The molecule has 5 heteroatoms. The molecule has 0 aliphatic carbocycles. The lowest BCUT2D eigenvalue weighted by Crippen LogP contribution is -2.26. The average Bonchev–Trinajstić information content (AvgIpc) is 2.42. The van der Waals surface area contributed by atoms with E-state index in [0.717, 1.165) is 15.8 Å². The first-order chi connectivity index (χ1) is 7.35. The summed E-state index contributed by atoms with van der Waals surface area (Å²) in [6, 6.07) is 4.15. The molecule has 0 fully saturated rings. The normalized spacial score (nSPS) is 12.1. The first-order valence-corrected chi connectivity index (χ1v) is 7.58. The Morgan fingerprint density at radius 3 is 2.69 bits per heavy atom. The molecule has 0 aliphatic heterocycles. The molecule has 0 saturated carbocycles. The molecule has 2 rings (SSSR count). The average molecular weight is 411 g/mol. The molecule has 86 valence electrons. The highest BCUT2D eigenvalue weighted by Gasteiger charge is 2.13. The van der Waals surface area contributed by atoms with Gasteiger partial charge in [0.25, 0.3) is 0 Å². The van der Waals surface area contributed by atoms with E-state index in [1.165, 1.54) is 7.58 Å². The van der Waals surface area contributed by atoms with Gasteiger partial charge < -0.3 is 5.32 Å². The highest BCUT2D eigenvalue weighted by molar-refractivity contribution is 14.1. The maximum absolute atomic E-state index is 4.61. The molecule has 0 unspecified atom stereocenters. The van der Waals surface area contributed by atoms with Gasteiger partial charge in [0.2, 0.25) is 0 Å². The van der Waals surface area contributed by atoms with Crippen LogP contribution in [0.25, 0.3) is 10.2 Å². The van der Waals surface area contributed by atoms with Crippen molar-refractivity contribution in [2.45, 2.75) is 26.3 Å². The maximum Gasteiger partial charge on any atom is 0.128 e. The minimum Gasteiger partial charge on any atom is -0.365 e.